The molecular formula is C18H33NO17P+. The highest BCUT2D eigenvalue weighted by Crippen LogP contribution is 2.32. The zero-order valence-corrected chi connectivity index (χ0v) is 19.9. The van der Waals surface area contributed by atoms with Gasteiger partial charge in [0.1, 0.15) is 86.0 Å². The van der Waals surface area contributed by atoms with E-state index in [4.69, 9.17) is 29.6 Å². The van der Waals surface area contributed by atoms with Gasteiger partial charge in [0.15, 0.2) is 12.6 Å². The summed E-state index contributed by atoms with van der Waals surface area (Å²) in [7, 11) is -3.08. The molecule has 2 saturated heterocycles. The summed E-state index contributed by atoms with van der Waals surface area (Å²) in [6.45, 7) is -1.53. The second-order valence-electron chi connectivity index (χ2n) is 9.00. The Kier molecular flexibility index (Phi) is 10.6. The van der Waals surface area contributed by atoms with Crippen molar-refractivity contribution in [2.24, 2.45) is 5.73 Å². The number of hydrogen-bond donors (Lipinski definition) is 12. The van der Waals surface area contributed by atoms with Crippen LogP contribution >= 0.6 is 8.25 Å². The van der Waals surface area contributed by atoms with Crippen LogP contribution in [0.1, 0.15) is 0 Å². The number of rotatable bonds is 8. The van der Waals surface area contributed by atoms with Gasteiger partial charge < -0.3 is 75.7 Å². The van der Waals surface area contributed by atoms with Crippen molar-refractivity contribution in [1.82, 2.24) is 0 Å². The molecule has 0 amide bonds. The Balaban J connectivity index is 1.71. The Labute approximate surface area is 209 Å². The molecule has 3 aliphatic rings. The van der Waals surface area contributed by atoms with Crippen LogP contribution in [0, 0.1) is 0 Å². The summed E-state index contributed by atoms with van der Waals surface area (Å²) in [4.78, 5) is 8.79. The molecule has 0 radical (unpaired) electrons. The fourth-order valence-corrected chi connectivity index (χ4v) is 4.62. The third-order valence-corrected chi connectivity index (χ3v) is 6.94. The highest BCUT2D eigenvalue weighted by molar-refractivity contribution is 7.32. The van der Waals surface area contributed by atoms with Gasteiger partial charge in [0.2, 0.25) is 0 Å². The molecule has 3 unspecified atom stereocenters. The first-order chi connectivity index (χ1) is 17.3. The molecule has 17 atom stereocenters. The first-order valence-electron chi connectivity index (χ1n) is 11.2. The van der Waals surface area contributed by atoms with Gasteiger partial charge in [0, 0.05) is 4.57 Å². The molecule has 0 aromatic carbocycles. The van der Waals surface area contributed by atoms with E-state index in [2.05, 4.69) is 4.52 Å². The summed E-state index contributed by atoms with van der Waals surface area (Å²) in [5, 5.41) is 101. The molecule has 0 spiro atoms. The summed E-state index contributed by atoms with van der Waals surface area (Å²) in [6, 6.07) is -1.53. The Hall–Kier alpha value is -0.580. The summed E-state index contributed by atoms with van der Waals surface area (Å²) < 4.78 is 36.9. The molecule has 1 aliphatic carbocycles. The van der Waals surface area contributed by atoms with Crippen molar-refractivity contribution in [3.05, 3.63) is 0 Å². The molecule has 2 aliphatic heterocycles. The maximum atomic E-state index is 10.8. The van der Waals surface area contributed by atoms with Crippen LogP contribution in [0.15, 0.2) is 0 Å². The van der Waals surface area contributed by atoms with E-state index in [1.165, 1.54) is 0 Å². The predicted molar refractivity (Wildman–Crippen MR) is 112 cm³/mol. The maximum Gasteiger partial charge on any atom is 0.694 e. The van der Waals surface area contributed by atoms with Gasteiger partial charge in [-0.1, -0.05) is 0 Å². The molecule has 18 nitrogen and oxygen atoms in total. The highest BCUT2D eigenvalue weighted by atomic mass is 31.1. The third-order valence-electron chi connectivity index (χ3n) is 6.57. The summed E-state index contributed by atoms with van der Waals surface area (Å²) in [6.07, 6.45) is -26.4. The van der Waals surface area contributed by atoms with Crippen molar-refractivity contribution in [3.63, 3.8) is 0 Å². The van der Waals surface area contributed by atoms with E-state index in [0.717, 1.165) is 0 Å². The molecule has 13 N–H and O–H groups in total. The first kappa shape index (κ1) is 31.0. The van der Waals surface area contributed by atoms with Crippen LogP contribution in [-0.4, -0.2) is 167 Å². The van der Waals surface area contributed by atoms with Crippen molar-refractivity contribution in [1.29, 1.82) is 0 Å². The fraction of sp³-hybridized carbons (Fsp3) is 1.00. The van der Waals surface area contributed by atoms with Gasteiger partial charge in [0.25, 0.3) is 0 Å². The van der Waals surface area contributed by atoms with E-state index >= 15 is 0 Å². The number of hydrogen-bond acceptors (Lipinski definition) is 17. The van der Waals surface area contributed by atoms with Crippen molar-refractivity contribution in [3.8, 4) is 0 Å². The molecule has 37 heavy (non-hydrogen) atoms. The summed E-state index contributed by atoms with van der Waals surface area (Å²) >= 11 is 0. The van der Waals surface area contributed by atoms with Crippen LogP contribution in [0.25, 0.3) is 0 Å². The SMILES string of the molecule is N[C@H]1[C@@H](OC2[C@@H](O)[C@@H](O)C(O)[C@H](O)[C@H]2O)O[C@H](CO)[C@@H](O[C@H]2O[C@H](CO[P+](=O)O)[C@@H](O)[C@H](O)[C@@H]2O)[C@@H]1O. The summed E-state index contributed by atoms with van der Waals surface area (Å²) in [5.41, 5.74) is 5.96. The fourth-order valence-electron chi connectivity index (χ4n) is 4.35. The lowest BCUT2D eigenvalue weighted by Gasteiger charge is -2.48. The molecule has 3 rings (SSSR count). The zero-order chi connectivity index (χ0) is 27.8. The van der Waals surface area contributed by atoms with Gasteiger partial charge in [-0.2, -0.15) is 0 Å². The molecule has 216 valence electrons. The molecule has 19 heteroatoms. The zero-order valence-electron chi connectivity index (χ0n) is 19.0. The second-order valence-corrected chi connectivity index (χ2v) is 9.73. The lowest BCUT2D eigenvalue weighted by Crippen LogP contribution is -2.69. The minimum absolute atomic E-state index is 0.683. The maximum absolute atomic E-state index is 10.8. The highest BCUT2D eigenvalue weighted by Gasteiger charge is 2.54. The minimum Gasteiger partial charge on any atom is -0.394 e. The average molecular weight is 566 g/mol. The third kappa shape index (κ3) is 6.43. The van der Waals surface area contributed by atoms with Gasteiger partial charge in [-0.15, -0.1) is 9.42 Å². The van der Waals surface area contributed by atoms with Crippen LogP contribution in [0.5, 0.6) is 0 Å². The van der Waals surface area contributed by atoms with Crippen molar-refractivity contribution >= 4 is 8.25 Å². The Morgan fingerprint density at radius 3 is 1.68 bits per heavy atom. The lowest BCUT2D eigenvalue weighted by molar-refractivity contribution is -0.356. The van der Waals surface area contributed by atoms with E-state index in [0.29, 0.717) is 0 Å². The van der Waals surface area contributed by atoms with Crippen LogP contribution in [0.4, 0.5) is 0 Å². The average Bonchev–Trinajstić information content (AvgIpc) is 2.87. The standard InChI is InChI=1S/C18H32NO17P/c19-5-7(22)15(35-18-14(29)8(23)6(21)4(34-18)2-32-37(30)31)3(1-20)33-17(5)36-16-12(27)10(25)9(24)11(26)13(16)28/h3-18,20-29H,1-2,19H2/p+1/t3-,4-,5-,6-,7-,8+,9?,10+,11+,12-,13+,14+,15-,16?,17-,18-/m1/s1. The second kappa shape index (κ2) is 12.7. The quantitative estimate of drug-likeness (QED) is 0.121. The molecule has 3 fully saturated rings. The topological polar surface area (TPSA) is 312 Å². The van der Waals surface area contributed by atoms with Crippen molar-refractivity contribution < 1.29 is 84.0 Å². The summed E-state index contributed by atoms with van der Waals surface area (Å²) in [5.74, 6) is 0. The van der Waals surface area contributed by atoms with Crippen LogP contribution in [-0.2, 0) is 28.0 Å². The number of ether oxygens (including phenoxy) is 4. The number of nitrogens with two attached hydrogens (primary N) is 1. The smallest absolute Gasteiger partial charge is 0.394 e. The molecule has 0 bridgehead atoms. The molecule has 0 aromatic rings. The van der Waals surface area contributed by atoms with E-state index < -0.39 is 119 Å². The molecule has 1 saturated carbocycles. The minimum atomic E-state index is -3.08. The van der Waals surface area contributed by atoms with Crippen LogP contribution < -0.4 is 5.73 Å². The van der Waals surface area contributed by atoms with Crippen LogP contribution in [0.3, 0.4) is 0 Å². The van der Waals surface area contributed by atoms with Crippen molar-refractivity contribution in [2.75, 3.05) is 13.2 Å². The monoisotopic (exact) mass is 566 g/mol. The van der Waals surface area contributed by atoms with Gasteiger partial charge >= 0.3 is 8.25 Å². The predicted octanol–water partition coefficient (Wildman–Crippen LogP) is -7.55. The van der Waals surface area contributed by atoms with Crippen LogP contribution in [0.2, 0.25) is 0 Å². The Bertz CT molecular complexity index is 750. The largest absolute Gasteiger partial charge is 0.694 e. The van der Waals surface area contributed by atoms with E-state index in [9.17, 15) is 55.6 Å². The molecular weight excluding hydrogens is 533 g/mol. The van der Waals surface area contributed by atoms with Gasteiger partial charge in [0.05, 0.1) is 12.6 Å². The molecule has 2 heterocycles. The van der Waals surface area contributed by atoms with Crippen molar-refractivity contribution in [2.45, 2.75) is 98.0 Å². The van der Waals surface area contributed by atoms with Gasteiger partial charge in [-0.05, 0) is 0 Å². The van der Waals surface area contributed by atoms with Gasteiger partial charge in [-0.3, -0.25) is 0 Å². The number of aliphatic hydroxyl groups is 10. The van der Waals surface area contributed by atoms with E-state index in [1.54, 1.807) is 0 Å². The first-order valence-corrected chi connectivity index (χ1v) is 12.3. The lowest BCUT2D eigenvalue weighted by atomic mass is 9.84. The Morgan fingerprint density at radius 1 is 0.649 bits per heavy atom. The van der Waals surface area contributed by atoms with E-state index in [1.807, 2.05) is 0 Å². The Morgan fingerprint density at radius 2 is 1.14 bits per heavy atom. The number of aliphatic hydroxyl groups excluding tert-OH is 10. The van der Waals surface area contributed by atoms with E-state index in [-0.39, 0.29) is 0 Å². The normalized spacial score (nSPS) is 51.6. The molecule has 0 aromatic heterocycles. The van der Waals surface area contributed by atoms with Gasteiger partial charge in [-0.25, -0.2) is 0 Å².